The Bertz CT molecular complexity index is 620. The lowest BCUT2D eigenvalue weighted by Crippen LogP contribution is -3.00. The smallest absolute Gasteiger partial charge is 0.168 e. The lowest BCUT2D eigenvalue weighted by molar-refractivity contribution is -0.870. The van der Waals surface area contributed by atoms with Gasteiger partial charge in [0, 0.05) is 18.6 Å². The standard InChI is InChI=1S/C21H38N.C19H42N.BrH.ClH/c1-2-3-4-5-6-7-8-9-10-11-12-13-14-16-19-22-20-17-15-18-21-22;1-5-6-7-8-9-10-11-12-13-14-15-16-17-18-19-20(2,3)4;;/h15,17-18,20-21H,2-14,16,19H2,1H3;5-19H2,1-4H3;2*1H/q2*+1;;/p-2. The average Bonchev–Trinajstić information content (AvgIpc) is 2.98. The Morgan fingerprint density at radius 3 is 0.955 bits per heavy atom. The van der Waals surface area contributed by atoms with E-state index in [4.69, 9.17) is 0 Å². The van der Waals surface area contributed by atoms with Crippen molar-refractivity contribution in [3.05, 3.63) is 30.6 Å². The van der Waals surface area contributed by atoms with Gasteiger partial charge in [-0.15, -0.1) is 0 Å². The van der Waals surface area contributed by atoms with Gasteiger partial charge in [0.15, 0.2) is 12.4 Å². The molecule has 0 amide bonds. The van der Waals surface area contributed by atoms with Crippen LogP contribution in [0.4, 0.5) is 0 Å². The maximum atomic E-state index is 2.29. The molecule has 2 nitrogen and oxygen atoms in total. The van der Waals surface area contributed by atoms with Crippen LogP contribution in [0.3, 0.4) is 0 Å². The third kappa shape index (κ3) is 41.9. The second kappa shape index (κ2) is 39.1. The molecule has 0 N–H and O–H groups in total. The van der Waals surface area contributed by atoms with Crippen LogP contribution in [0.5, 0.6) is 0 Å². The van der Waals surface area contributed by atoms with E-state index in [1.54, 1.807) is 0 Å². The van der Waals surface area contributed by atoms with Crippen molar-refractivity contribution in [3.8, 4) is 0 Å². The number of rotatable bonds is 30. The predicted molar refractivity (Wildman–Crippen MR) is 190 cm³/mol. The van der Waals surface area contributed by atoms with Gasteiger partial charge in [-0.25, -0.2) is 4.57 Å². The van der Waals surface area contributed by atoms with Crippen LogP contribution in [0.15, 0.2) is 30.6 Å². The minimum atomic E-state index is 0. The second-order valence-electron chi connectivity index (χ2n) is 14.3. The van der Waals surface area contributed by atoms with Crippen LogP contribution in [0.1, 0.15) is 194 Å². The van der Waals surface area contributed by atoms with E-state index in [1.165, 1.54) is 193 Å². The molecule has 0 radical (unpaired) electrons. The molecule has 0 aliphatic heterocycles. The normalized spacial score (nSPS) is 10.9. The molecule has 0 fully saturated rings. The maximum Gasteiger partial charge on any atom is 0.168 e. The molecule has 4 heteroatoms. The summed E-state index contributed by atoms with van der Waals surface area (Å²) in [5.41, 5.74) is 0. The largest absolute Gasteiger partial charge is 1.00 e. The summed E-state index contributed by atoms with van der Waals surface area (Å²) in [5, 5.41) is 0. The van der Waals surface area contributed by atoms with Gasteiger partial charge in [0.05, 0.1) is 27.7 Å². The molecule has 1 aromatic heterocycles. The molecule has 1 aromatic rings. The first-order valence-corrected chi connectivity index (χ1v) is 19.2. The van der Waals surface area contributed by atoms with Gasteiger partial charge >= 0.3 is 0 Å². The van der Waals surface area contributed by atoms with E-state index in [9.17, 15) is 0 Å². The Hall–Kier alpha value is -0.120. The van der Waals surface area contributed by atoms with Crippen molar-refractivity contribution in [2.24, 2.45) is 0 Å². The van der Waals surface area contributed by atoms with Crippen LogP contribution in [-0.4, -0.2) is 32.2 Å². The van der Waals surface area contributed by atoms with Crippen molar-refractivity contribution in [2.75, 3.05) is 27.7 Å². The van der Waals surface area contributed by atoms with Gasteiger partial charge in [-0.05, 0) is 19.3 Å². The number of quaternary nitrogens is 1. The van der Waals surface area contributed by atoms with E-state index >= 15 is 0 Å². The fourth-order valence-electron chi connectivity index (χ4n) is 5.85. The highest BCUT2D eigenvalue weighted by atomic mass is 79.9. The summed E-state index contributed by atoms with van der Waals surface area (Å²) in [6.07, 6.45) is 44.8. The van der Waals surface area contributed by atoms with Gasteiger partial charge in [-0.1, -0.05) is 174 Å². The number of unbranched alkanes of at least 4 members (excludes halogenated alkanes) is 26. The van der Waals surface area contributed by atoms with Crippen molar-refractivity contribution in [3.63, 3.8) is 0 Å². The lowest BCUT2D eigenvalue weighted by atomic mass is 10.0. The zero-order valence-electron chi connectivity index (χ0n) is 30.8. The zero-order chi connectivity index (χ0) is 30.8. The molecular formula is C40H80BrClN2. The highest BCUT2D eigenvalue weighted by molar-refractivity contribution is 4.83. The van der Waals surface area contributed by atoms with Gasteiger partial charge < -0.3 is 33.9 Å². The summed E-state index contributed by atoms with van der Waals surface area (Å²) in [4.78, 5) is 0. The summed E-state index contributed by atoms with van der Waals surface area (Å²) >= 11 is 0. The number of hydrogen-bond acceptors (Lipinski definition) is 0. The monoisotopic (exact) mass is 703 g/mol. The molecule has 0 aliphatic rings. The van der Waals surface area contributed by atoms with Gasteiger partial charge in [0.2, 0.25) is 0 Å². The average molecular weight is 704 g/mol. The molecule has 0 unspecified atom stereocenters. The Balaban J connectivity index is -0.000000735. The molecule has 0 atom stereocenters. The van der Waals surface area contributed by atoms with Crippen LogP contribution >= 0.6 is 0 Å². The quantitative estimate of drug-likeness (QED) is 0.0481. The molecule has 0 spiro atoms. The second-order valence-corrected chi connectivity index (χ2v) is 14.3. The van der Waals surface area contributed by atoms with E-state index in [-0.39, 0.29) is 29.4 Å². The van der Waals surface area contributed by atoms with Crippen molar-refractivity contribution >= 4 is 0 Å². The van der Waals surface area contributed by atoms with E-state index in [1.807, 2.05) is 0 Å². The first-order valence-electron chi connectivity index (χ1n) is 19.2. The summed E-state index contributed by atoms with van der Waals surface area (Å²) in [7, 11) is 6.88. The maximum absolute atomic E-state index is 2.29. The first kappa shape index (κ1) is 48.3. The zero-order valence-corrected chi connectivity index (χ0v) is 33.1. The summed E-state index contributed by atoms with van der Waals surface area (Å²) in [6, 6.07) is 6.31. The number of pyridine rings is 1. The van der Waals surface area contributed by atoms with Gasteiger partial charge in [-0.2, -0.15) is 0 Å². The van der Waals surface area contributed by atoms with E-state index in [0.717, 1.165) is 4.48 Å². The minimum absolute atomic E-state index is 0. The molecule has 0 aromatic carbocycles. The molecule has 0 saturated heterocycles. The molecule has 1 heterocycles. The first-order chi connectivity index (χ1) is 20.5. The number of nitrogens with zero attached hydrogens (tertiary/aromatic N) is 2. The van der Waals surface area contributed by atoms with Crippen molar-refractivity contribution in [1.29, 1.82) is 0 Å². The number of hydrogen-bond donors (Lipinski definition) is 0. The van der Waals surface area contributed by atoms with Crippen LogP contribution in [-0.2, 0) is 6.54 Å². The van der Waals surface area contributed by atoms with Gasteiger partial charge in [-0.3, -0.25) is 0 Å². The highest BCUT2D eigenvalue weighted by Gasteiger charge is 2.05. The van der Waals surface area contributed by atoms with Crippen molar-refractivity contribution in [1.82, 2.24) is 0 Å². The van der Waals surface area contributed by atoms with Crippen LogP contribution < -0.4 is 34.0 Å². The summed E-state index contributed by atoms with van der Waals surface area (Å²) < 4.78 is 3.42. The SMILES string of the molecule is CCCCCCCCCCCCCCCC[N+](C)(C)C.CCCCCCCCCCCCCCCC[n+]1ccccc1.[Br-].[Cl-]. The topological polar surface area (TPSA) is 3.88 Å². The van der Waals surface area contributed by atoms with E-state index < -0.39 is 0 Å². The fourth-order valence-corrected chi connectivity index (χ4v) is 5.85. The Kier molecular flexibility index (Phi) is 42.9. The third-order valence-electron chi connectivity index (χ3n) is 8.73. The van der Waals surface area contributed by atoms with Crippen LogP contribution in [0, 0.1) is 0 Å². The van der Waals surface area contributed by atoms with Gasteiger partial charge in [0.25, 0.3) is 0 Å². The Morgan fingerprint density at radius 1 is 0.386 bits per heavy atom. The van der Waals surface area contributed by atoms with Gasteiger partial charge in [0.1, 0.15) is 6.54 Å². The van der Waals surface area contributed by atoms with E-state index in [0.29, 0.717) is 0 Å². The molecule has 1 rings (SSSR count). The number of aryl methyl sites for hydroxylation is 1. The summed E-state index contributed by atoms with van der Waals surface area (Å²) in [5.74, 6) is 0. The van der Waals surface area contributed by atoms with Crippen molar-refractivity contribution < 1.29 is 38.4 Å². The number of halogens is 2. The highest BCUT2D eigenvalue weighted by Crippen LogP contribution is 2.14. The Labute approximate surface area is 295 Å². The third-order valence-corrected chi connectivity index (χ3v) is 8.73. The van der Waals surface area contributed by atoms with Crippen LogP contribution in [0.2, 0.25) is 0 Å². The minimum Gasteiger partial charge on any atom is -1.00 e. The molecule has 0 saturated carbocycles. The molecule has 264 valence electrons. The molecule has 0 bridgehead atoms. The predicted octanol–water partition coefficient (Wildman–Crippen LogP) is 6.64. The molecule has 0 aliphatic carbocycles. The number of aromatic nitrogens is 1. The van der Waals surface area contributed by atoms with Crippen molar-refractivity contribution in [2.45, 2.75) is 200 Å². The summed E-state index contributed by atoms with van der Waals surface area (Å²) in [6.45, 7) is 7.10. The van der Waals surface area contributed by atoms with Crippen LogP contribution in [0.25, 0.3) is 0 Å². The van der Waals surface area contributed by atoms with E-state index in [2.05, 4.69) is 70.2 Å². The Morgan fingerprint density at radius 2 is 0.659 bits per heavy atom. The molecule has 44 heavy (non-hydrogen) atoms. The lowest BCUT2D eigenvalue weighted by Gasteiger charge is -2.23. The fraction of sp³-hybridized carbons (Fsp3) is 0.875. The molecular weight excluding hydrogens is 624 g/mol.